The van der Waals surface area contributed by atoms with Gasteiger partial charge in [0.2, 0.25) is 0 Å². The van der Waals surface area contributed by atoms with Gasteiger partial charge in [0, 0.05) is 50.4 Å². The quantitative estimate of drug-likeness (QED) is 0.559. The van der Waals surface area contributed by atoms with E-state index in [4.69, 9.17) is 4.42 Å². The van der Waals surface area contributed by atoms with Crippen LogP contribution in [0.4, 0.5) is 5.69 Å². The van der Waals surface area contributed by atoms with Crippen LogP contribution in [0.2, 0.25) is 0 Å². The molecule has 1 amide bonds. The first-order valence-electron chi connectivity index (χ1n) is 11.5. The summed E-state index contributed by atoms with van der Waals surface area (Å²) in [4.78, 5) is 16.1. The number of carbonyl (C=O) groups is 1. The zero-order valence-electron chi connectivity index (χ0n) is 19.0. The molecule has 4 rings (SSSR count). The Labute approximate surface area is 191 Å². The molecule has 0 spiro atoms. The molecular formula is C27H33N3O2. The first-order valence-corrected chi connectivity index (χ1v) is 11.5. The van der Waals surface area contributed by atoms with Gasteiger partial charge in [0.15, 0.2) is 0 Å². The molecule has 1 aliphatic rings. The summed E-state index contributed by atoms with van der Waals surface area (Å²) in [6.07, 6.45) is 5.01. The van der Waals surface area contributed by atoms with Crippen LogP contribution in [0.1, 0.15) is 46.9 Å². The summed E-state index contributed by atoms with van der Waals surface area (Å²) in [6.45, 7) is 3.02. The Morgan fingerprint density at radius 1 is 1.03 bits per heavy atom. The van der Waals surface area contributed by atoms with Gasteiger partial charge in [0.1, 0.15) is 5.76 Å². The summed E-state index contributed by atoms with van der Waals surface area (Å²) in [6, 6.07) is 23.2. The van der Waals surface area contributed by atoms with E-state index < -0.39 is 0 Å². The zero-order chi connectivity index (χ0) is 22.3. The number of nitrogens with zero attached hydrogens (tertiary/aromatic N) is 2. The molecule has 1 atom stereocenters. The second-order valence-corrected chi connectivity index (χ2v) is 8.73. The molecule has 5 heteroatoms. The third kappa shape index (κ3) is 5.40. The number of rotatable bonds is 8. The highest BCUT2D eigenvalue weighted by Crippen LogP contribution is 2.28. The lowest BCUT2D eigenvalue weighted by atomic mass is 9.93. The van der Waals surface area contributed by atoms with Crippen LogP contribution in [-0.2, 0) is 0 Å². The van der Waals surface area contributed by atoms with Crippen molar-refractivity contribution in [1.82, 2.24) is 10.2 Å². The van der Waals surface area contributed by atoms with E-state index in [-0.39, 0.29) is 11.8 Å². The first kappa shape index (κ1) is 22.2. The number of furan rings is 1. The number of benzene rings is 2. The lowest BCUT2D eigenvalue weighted by molar-refractivity contribution is 0.0827. The van der Waals surface area contributed by atoms with Crippen LogP contribution >= 0.6 is 0 Å². The molecule has 2 heterocycles. The largest absolute Gasteiger partial charge is 0.469 e. The minimum Gasteiger partial charge on any atom is -0.469 e. The predicted octanol–water partition coefficient (Wildman–Crippen LogP) is 4.76. The lowest BCUT2D eigenvalue weighted by Crippen LogP contribution is -2.43. The highest BCUT2D eigenvalue weighted by Gasteiger charge is 2.21. The van der Waals surface area contributed by atoms with Crippen LogP contribution in [0, 0.1) is 0 Å². The Bertz CT molecular complexity index is 960. The number of hydrogen-bond acceptors (Lipinski definition) is 4. The minimum absolute atomic E-state index is 0.0443. The summed E-state index contributed by atoms with van der Waals surface area (Å²) in [7, 11) is 3.56. The van der Waals surface area contributed by atoms with Gasteiger partial charge in [-0.15, -0.1) is 0 Å². The monoisotopic (exact) mass is 431 g/mol. The average Bonchev–Trinajstić information content (AvgIpc) is 3.37. The molecule has 32 heavy (non-hydrogen) atoms. The average molecular weight is 432 g/mol. The first-order chi connectivity index (χ1) is 15.6. The Balaban J connectivity index is 1.26. The number of anilines is 1. The summed E-state index contributed by atoms with van der Waals surface area (Å²) < 4.78 is 5.73. The van der Waals surface area contributed by atoms with Gasteiger partial charge in [-0.1, -0.05) is 30.3 Å². The van der Waals surface area contributed by atoms with Crippen molar-refractivity contribution < 1.29 is 9.21 Å². The van der Waals surface area contributed by atoms with E-state index in [0.29, 0.717) is 6.04 Å². The fraction of sp³-hybridized carbons (Fsp3) is 0.370. The molecule has 1 N–H and O–H groups in total. The zero-order valence-corrected chi connectivity index (χ0v) is 19.0. The van der Waals surface area contributed by atoms with Crippen molar-refractivity contribution in [3.8, 4) is 0 Å². The summed E-state index contributed by atoms with van der Waals surface area (Å²) in [5.74, 6) is 1.36. The molecular weight excluding hydrogens is 398 g/mol. The molecule has 1 saturated heterocycles. The maximum atomic E-state index is 12.1. The van der Waals surface area contributed by atoms with E-state index >= 15 is 0 Å². The van der Waals surface area contributed by atoms with E-state index in [2.05, 4.69) is 58.7 Å². The van der Waals surface area contributed by atoms with Gasteiger partial charge in [0.25, 0.3) is 5.91 Å². The third-order valence-corrected chi connectivity index (χ3v) is 6.34. The number of nitrogens with one attached hydrogen (secondary N) is 1. The molecule has 1 fully saturated rings. The van der Waals surface area contributed by atoms with Crippen molar-refractivity contribution in [2.45, 2.75) is 31.2 Å². The van der Waals surface area contributed by atoms with Crippen LogP contribution < -0.4 is 10.2 Å². The number of hydrogen-bond donors (Lipinski definition) is 1. The predicted molar refractivity (Wildman–Crippen MR) is 129 cm³/mol. The van der Waals surface area contributed by atoms with Crippen molar-refractivity contribution in [2.24, 2.45) is 0 Å². The number of piperidine rings is 1. The van der Waals surface area contributed by atoms with Crippen LogP contribution in [0.15, 0.2) is 77.4 Å². The second kappa shape index (κ2) is 10.5. The highest BCUT2D eigenvalue weighted by atomic mass is 16.3. The fourth-order valence-electron chi connectivity index (χ4n) is 4.49. The maximum Gasteiger partial charge on any atom is 0.253 e. The van der Waals surface area contributed by atoms with E-state index in [9.17, 15) is 4.79 Å². The smallest absolute Gasteiger partial charge is 0.253 e. The molecule has 168 valence electrons. The van der Waals surface area contributed by atoms with Gasteiger partial charge in [-0.3, -0.25) is 4.79 Å². The van der Waals surface area contributed by atoms with Crippen LogP contribution in [0.3, 0.4) is 0 Å². The number of amides is 1. The molecule has 0 bridgehead atoms. The Morgan fingerprint density at radius 2 is 1.75 bits per heavy atom. The molecule has 0 saturated carbocycles. The molecule has 1 aliphatic heterocycles. The molecule has 5 nitrogen and oxygen atoms in total. The molecule has 0 aliphatic carbocycles. The van der Waals surface area contributed by atoms with E-state index in [1.54, 1.807) is 25.3 Å². The van der Waals surface area contributed by atoms with Gasteiger partial charge in [-0.25, -0.2) is 0 Å². The van der Waals surface area contributed by atoms with Crippen molar-refractivity contribution >= 4 is 11.6 Å². The van der Waals surface area contributed by atoms with Crippen LogP contribution in [-0.4, -0.2) is 50.6 Å². The molecule has 2 aromatic carbocycles. The van der Waals surface area contributed by atoms with Crippen molar-refractivity contribution in [1.29, 1.82) is 0 Å². The van der Waals surface area contributed by atoms with Gasteiger partial charge in [-0.2, -0.15) is 0 Å². The molecule has 0 unspecified atom stereocenters. The fourth-order valence-corrected chi connectivity index (χ4v) is 4.49. The summed E-state index contributed by atoms with van der Waals surface area (Å²) in [5, 5.41) is 3.77. The van der Waals surface area contributed by atoms with Gasteiger partial charge in [0.05, 0.1) is 6.26 Å². The van der Waals surface area contributed by atoms with Gasteiger partial charge < -0.3 is 19.5 Å². The third-order valence-electron chi connectivity index (χ3n) is 6.34. The number of carbonyl (C=O) groups excluding carboxylic acids is 1. The second-order valence-electron chi connectivity index (χ2n) is 8.73. The highest BCUT2D eigenvalue weighted by molar-refractivity contribution is 5.94. The van der Waals surface area contributed by atoms with Crippen LogP contribution in [0.5, 0.6) is 0 Å². The lowest BCUT2D eigenvalue weighted by Gasteiger charge is -2.34. The maximum absolute atomic E-state index is 12.1. The Morgan fingerprint density at radius 3 is 2.38 bits per heavy atom. The van der Waals surface area contributed by atoms with Gasteiger partial charge >= 0.3 is 0 Å². The molecule has 3 aromatic rings. The Hall–Kier alpha value is -3.05. The van der Waals surface area contributed by atoms with E-state index in [1.807, 2.05) is 18.2 Å². The minimum atomic E-state index is 0.0443. The van der Waals surface area contributed by atoms with Crippen molar-refractivity contribution in [3.63, 3.8) is 0 Å². The standard InChI is InChI=1S/C27H33N3O2/c1-29(2)27(31)22-10-12-24(13-11-22)30-18-15-23(16-19-30)28-17-14-25(26-9-6-20-32-26)21-7-4-3-5-8-21/h3-13,20,23,25,28H,14-19H2,1-2H3/t25-/m1/s1. The summed E-state index contributed by atoms with van der Waals surface area (Å²) >= 11 is 0. The van der Waals surface area contributed by atoms with E-state index in [0.717, 1.165) is 50.2 Å². The van der Waals surface area contributed by atoms with Crippen molar-refractivity contribution in [3.05, 3.63) is 89.9 Å². The Kier molecular flexibility index (Phi) is 7.28. The van der Waals surface area contributed by atoms with Gasteiger partial charge in [-0.05, 0) is 67.8 Å². The summed E-state index contributed by atoms with van der Waals surface area (Å²) in [5.41, 5.74) is 3.23. The van der Waals surface area contributed by atoms with Crippen molar-refractivity contribution in [2.75, 3.05) is 38.6 Å². The van der Waals surface area contributed by atoms with E-state index in [1.165, 1.54) is 11.3 Å². The van der Waals surface area contributed by atoms with Crippen LogP contribution in [0.25, 0.3) is 0 Å². The molecule has 1 aromatic heterocycles. The topological polar surface area (TPSA) is 48.7 Å². The normalized spacial score (nSPS) is 15.5. The molecule has 0 radical (unpaired) electrons. The SMILES string of the molecule is CN(C)C(=O)c1ccc(N2CCC(NCC[C@H](c3ccccc3)c3ccco3)CC2)cc1.